The summed E-state index contributed by atoms with van der Waals surface area (Å²) < 4.78 is 53.6. The van der Waals surface area contributed by atoms with Gasteiger partial charge in [-0.15, -0.1) is 0 Å². The number of aromatic nitrogens is 2. The molecule has 4 aromatic rings. The Hall–Kier alpha value is -6.01. The zero-order valence-electron chi connectivity index (χ0n) is 40.6. The topological polar surface area (TPSA) is 176 Å². The Balaban J connectivity index is 1.27. The average molecular weight is 960 g/mol. The Morgan fingerprint density at radius 3 is 2.42 bits per heavy atom. The van der Waals surface area contributed by atoms with Crippen LogP contribution in [0.3, 0.4) is 0 Å². The molecule has 0 spiro atoms. The van der Waals surface area contributed by atoms with Crippen molar-refractivity contribution in [2.45, 2.75) is 117 Å². The zero-order valence-corrected chi connectivity index (χ0v) is 40.6. The quantitative estimate of drug-likeness (QED) is 0.144. The van der Waals surface area contributed by atoms with Gasteiger partial charge >= 0.3 is 18.2 Å². The number of aromatic hydroxyl groups is 1. The molecule has 2 saturated heterocycles. The number of fused-ring (bicyclic) bond motifs is 6. The Morgan fingerprint density at radius 1 is 1.03 bits per heavy atom. The number of halogens is 3. The molecule has 0 saturated carbocycles. The third kappa shape index (κ3) is 10.9. The molecule has 15 nitrogen and oxygen atoms in total. The van der Waals surface area contributed by atoms with Gasteiger partial charge in [-0.3, -0.25) is 29.2 Å². The van der Waals surface area contributed by atoms with E-state index in [0.717, 1.165) is 39.0 Å². The highest BCUT2D eigenvalue weighted by molar-refractivity contribution is 5.96. The number of carbonyl (C=O) groups is 5. The number of hydrazine groups is 1. The summed E-state index contributed by atoms with van der Waals surface area (Å²) >= 11 is 0. The zero-order chi connectivity index (χ0) is 50.1. The number of phenolic OH excluding ortho intramolecular Hbond substituents is 1. The van der Waals surface area contributed by atoms with Crippen LogP contribution in [0.2, 0.25) is 0 Å². The van der Waals surface area contributed by atoms with Gasteiger partial charge in [0.15, 0.2) is 0 Å². The van der Waals surface area contributed by atoms with Crippen molar-refractivity contribution in [3.8, 4) is 28.1 Å². The van der Waals surface area contributed by atoms with Crippen LogP contribution in [0.4, 0.5) is 18.0 Å². The number of rotatable bonds is 9. The van der Waals surface area contributed by atoms with Gasteiger partial charge in [0.2, 0.25) is 11.7 Å². The fourth-order valence-electron chi connectivity index (χ4n) is 10.2. The molecule has 6 bridgehead atoms. The molecule has 2 aromatic heterocycles. The van der Waals surface area contributed by atoms with Gasteiger partial charge in [0.05, 0.1) is 24.1 Å². The lowest BCUT2D eigenvalue weighted by atomic mass is 9.84. The predicted octanol–water partition coefficient (Wildman–Crippen LogP) is 7.37. The summed E-state index contributed by atoms with van der Waals surface area (Å²) in [5.74, 6) is -5.38. The highest BCUT2D eigenvalue weighted by Gasteiger charge is 2.45. The number of cyclic esters (lactones) is 1. The summed E-state index contributed by atoms with van der Waals surface area (Å²) in [6, 6.07) is 11.2. The van der Waals surface area contributed by atoms with E-state index in [2.05, 4.69) is 28.3 Å². The first-order valence-corrected chi connectivity index (χ1v) is 23.8. The summed E-state index contributed by atoms with van der Waals surface area (Å²) in [4.78, 5) is 76.2. The number of alkyl halides is 3. The Morgan fingerprint density at radius 2 is 1.75 bits per heavy atom. The molecule has 2 aromatic carbocycles. The van der Waals surface area contributed by atoms with E-state index in [4.69, 9.17) is 14.5 Å². The normalized spacial score (nSPS) is 20.3. The molecule has 2 fully saturated rings. The SMILES string of the molecule is CCn1c(-c2cccnc2[C@H](C)OC)c2c3cc(ccc31)-c1cc(O)cc(c1)C[C@H](NC(=O)[C@H](C(C)C)N(C)C(=O)N1CCC(C(=O)C(F)(F)F)CC1)C(=O)N1CCC[C@H](N1)C(=O)OCC(C)(C)C2. The summed E-state index contributed by atoms with van der Waals surface area (Å²) in [5.41, 5.74) is 9.09. The van der Waals surface area contributed by atoms with E-state index in [1.807, 2.05) is 51.1 Å². The number of nitrogens with zero attached hydrogens (tertiary/aromatic N) is 5. The van der Waals surface area contributed by atoms with E-state index in [1.54, 1.807) is 33.2 Å². The van der Waals surface area contributed by atoms with Gasteiger partial charge in [0.1, 0.15) is 23.9 Å². The maximum atomic E-state index is 14.7. The lowest BCUT2D eigenvalue weighted by molar-refractivity contribution is -0.176. The number of benzene rings is 2. The molecule has 0 unspecified atom stereocenters. The standard InChI is InChI=1S/C51H64F3N7O8/c1-9-60-41-15-14-33-26-37(41)38(44(60)36-12-10-18-55-42(36)30(4)68-8)27-50(5,6)28-69-48(66)39-13-11-19-61(57-39)47(65)40(24-31-22-34(33)25-35(62)23-31)56-46(64)43(29(2)3)58(7)49(67)59-20-16-32(17-21-59)45(63)51(52,53)54/h10,12,14-15,18,22-23,25-26,29-30,32,39-40,43,57,62H,9,11,13,16-17,19-21,24,27-28H2,1-8H3,(H,56,64)/t30-,39-,40-,43-/m0/s1. The molecular weight excluding hydrogens is 896 g/mol. The van der Waals surface area contributed by atoms with Crippen molar-refractivity contribution >= 4 is 40.5 Å². The van der Waals surface area contributed by atoms with Crippen molar-refractivity contribution in [3.05, 3.63) is 71.5 Å². The molecule has 0 radical (unpaired) electrons. The molecule has 5 heterocycles. The molecule has 3 aliphatic heterocycles. The number of nitrogens with one attached hydrogen (secondary N) is 2. The first kappa shape index (κ1) is 50.9. The van der Waals surface area contributed by atoms with Crippen LogP contribution in [-0.4, -0.2) is 124 Å². The summed E-state index contributed by atoms with van der Waals surface area (Å²) in [7, 11) is 3.07. The van der Waals surface area contributed by atoms with Crippen LogP contribution >= 0.6 is 0 Å². The average Bonchev–Trinajstić information content (AvgIpc) is 3.62. The fourth-order valence-corrected chi connectivity index (χ4v) is 10.2. The minimum Gasteiger partial charge on any atom is -0.508 e. The van der Waals surface area contributed by atoms with Gasteiger partial charge in [-0.25, -0.2) is 10.2 Å². The molecule has 372 valence electrons. The third-order valence-corrected chi connectivity index (χ3v) is 13.7. The highest BCUT2D eigenvalue weighted by atomic mass is 19.4. The molecule has 4 amide bonds. The van der Waals surface area contributed by atoms with Crippen molar-refractivity contribution in [2.75, 3.05) is 40.4 Å². The van der Waals surface area contributed by atoms with Crippen molar-refractivity contribution in [1.29, 1.82) is 0 Å². The number of likely N-dealkylation sites (N-methyl/N-ethyl adjacent to an activating group) is 1. The van der Waals surface area contributed by atoms with Gasteiger partial charge < -0.3 is 34.3 Å². The number of amides is 4. The highest BCUT2D eigenvalue weighted by Crippen LogP contribution is 2.42. The van der Waals surface area contributed by atoms with Crippen LogP contribution in [0.25, 0.3) is 33.3 Å². The Bertz CT molecular complexity index is 2590. The molecular formula is C51H64F3N7O8. The number of hydrogen-bond donors (Lipinski definition) is 3. The van der Waals surface area contributed by atoms with Gasteiger partial charge in [0.25, 0.3) is 5.91 Å². The fraction of sp³-hybridized carbons (Fsp3) is 0.529. The number of hydrogen-bond acceptors (Lipinski definition) is 10. The smallest absolute Gasteiger partial charge is 0.450 e. The molecule has 0 aliphatic carbocycles. The molecule has 18 heteroatoms. The second-order valence-electron chi connectivity index (χ2n) is 19.7. The number of aryl methyl sites for hydroxylation is 1. The summed E-state index contributed by atoms with van der Waals surface area (Å²) in [6.07, 6.45) is -2.63. The first-order valence-electron chi connectivity index (χ1n) is 23.8. The Kier molecular flexibility index (Phi) is 15.1. The Labute approximate surface area is 400 Å². The number of ether oxygens (including phenoxy) is 2. The number of urea groups is 1. The van der Waals surface area contributed by atoms with Crippen LogP contribution < -0.4 is 10.7 Å². The van der Waals surface area contributed by atoms with Crippen LogP contribution in [0.15, 0.2) is 54.7 Å². The lowest BCUT2D eigenvalue weighted by Crippen LogP contribution is -2.62. The molecule has 3 aliphatic rings. The number of ketones is 1. The van der Waals surface area contributed by atoms with E-state index in [9.17, 15) is 42.3 Å². The summed E-state index contributed by atoms with van der Waals surface area (Å²) in [6.45, 7) is 12.3. The van der Waals surface area contributed by atoms with E-state index in [-0.39, 0.29) is 57.4 Å². The van der Waals surface area contributed by atoms with Gasteiger partial charge in [-0.05, 0) is 111 Å². The van der Waals surface area contributed by atoms with Crippen molar-refractivity contribution in [3.63, 3.8) is 0 Å². The molecule has 7 rings (SSSR count). The number of Topliss-reactive ketones (excluding diaryl/α,β-unsaturated/α-hetero) is 1. The third-order valence-electron chi connectivity index (χ3n) is 13.7. The second-order valence-corrected chi connectivity index (χ2v) is 19.7. The number of likely N-dealkylation sites (tertiary alicyclic amines) is 1. The van der Waals surface area contributed by atoms with Crippen LogP contribution in [0, 0.1) is 17.3 Å². The van der Waals surface area contributed by atoms with Crippen molar-refractivity contribution < 1.29 is 51.7 Å². The van der Waals surface area contributed by atoms with E-state index in [1.165, 1.54) is 27.9 Å². The van der Waals surface area contributed by atoms with Crippen LogP contribution in [0.5, 0.6) is 5.75 Å². The van der Waals surface area contributed by atoms with Gasteiger partial charge in [-0.1, -0.05) is 39.8 Å². The number of phenols is 1. The number of methoxy groups -OCH3 is 1. The molecule has 3 N–H and O–H groups in total. The lowest BCUT2D eigenvalue weighted by Gasteiger charge is -2.39. The predicted molar refractivity (Wildman–Crippen MR) is 252 cm³/mol. The second kappa shape index (κ2) is 20.5. The van der Waals surface area contributed by atoms with Crippen molar-refractivity contribution in [2.24, 2.45) is 17.3 Å². The monoisotopic (exact) mass is 959 g/mol. The number of pyridine rings is 1. The largest absolute Gasteiger partial charge is 0.508 e. The number of esters is 1. The first-order chi connectivity index (χ1) is 32.6. The molecule has 69 heavy (non-hydrogen) atoms. The minimum atomic E-state index is -4.97. The summed E-state index contributed by atoms with van der Waals surface area (Å²) in [5, 5.41) is 16.5. The van der Waals surface area contributed by atoms with Crippen molar-refractivity contribution in [1.82, 2.24) is 35.1 Å². The van der Waals surface area contributed by atoms with Crippen LogP contribution in [0.1, 0.15) is 90.2 Å². The minimum absolute atomic E-state index is 0.0609. The number of piperidine rings is 1. The van der Waals surface area contributed by atoms with E-state index < -0.39 is 71.2 Å². The van der Waals surface area contributed by atoms with E-state index >= 15 is 0 Å². The molecule has 4 atom stereocenters. The van der Waals surface area contributed by atoms with Crippen LogP contribution in [-0.2, 0) is 48.0 Å². The maximum Gasteiger partial charge on any atom is 0.450 e. The number of carbonyl (C=O) groups excluding carboxylic acids is 5. The maximum absolute atomic E-state index is 14.7. The van der Waals surface area contributed by atoms with Gasteiger partial charge in [0, 0.05) is 80.8 Å². The van der Waals surface area contributed by atoms with Gasteiger partial charge in [-0.2, -0.15) is 13.2 Å². The van der Waals surface area contributed by atoms with E-state index in [0.29, 0.717) is 36.9 Å².